The number of hydrogen-bond donors (Lipinski definition) is 4. The first kappa shape index (κ1) is 26.0. The fourth-order valence-electron chi connectivity index (χ4n) is 5.62. The Hall–Kier alpha value is -1.65. The summed E-state index contributed by atoms with van der Waals surface area (Å²) in [6.07, 6.45) is 7.72. The molecule has 1 saturated carbocycles. The molecule has 2 saturated heterocycles. The minimum absolute atomic E-state index is 0.163. The van der Waals surface area contributed by atoms with E-state index in [1.54, 1.807) is 4.90 Å². The predicted molar refractivity (Wildman–Crippen MR) is 126 cm³/mol. The van der Waals surface area contributed by atoms with Gasteiger partial charge >= 0.3 is 7.12 Å². The molecule has 33 heavy (non-hydrogen) atoms. The molecule has 10 heteroatoms. The van der Waals surface area contributed by atoms with Gasteiger partial charge in [-0.05, 0) is 49.9 Å². The normalized spacial score (nSPS) is 26.2. The van der Waals surface area contributed by atoms with Crippen molar-refractivity contribution in [1.29, 1.82) is 0 Å². The Morgan fingerprint density at radius 2 is 1.52 bits per heavy atom. The van der Waals surface area contributed by atoms with Gasteiger partial charge in [0.1, 0.15) is 12.1 Å². The molecule has 2 unspecified atom stereocenters. The minimum Gasteiger partial charge on any atom is -0.426 e. The Labute approximate surface area is 197 Å². The van der Waals surface area contributed by atoms with Crippen LogP contribution in [0.2, 0.25) is 0 Å². The first-order valence-electron chi connectivity index (χ1n) is 12.6. The SMILES string of the molecule is CC(C)(C)C(NC(=O)[C@@H]1CCCN1C(=O)C(N)C1CCCCC1)C(=O)N1CCC[C@H]1B(O)O. The second kappa shape index (κ2) is 10.7. The van der Waals surface area contributed by atoms with Crippen LogP contribution in [0.5, 0.6) is 0 Å². The van der Waals surface area contributed by atoms with Gasteiger partial charge in [0.15, 0.2) is 0 Å². The van der Waals surface area contributed by atoms with Crippen LogP contribution in [0.4, 0.5) is 0 Å². The van der Waals surface area contributed by atoms with E-state index in [0.29, 0.717) is 32.4 Å². The van der Waals surface area contributed by atoms with Crippen molar-refractivity contribution >= 4 is 24.8 Å². The number of amides is 3. The summed E-state index contributed by atoms with van der Waals surface area (Å²) in [5.74, 6) is -1.33. The van der Waals surface area contributed by atoms with Crippen molar-refractivity contribution in [3.63, 3.8) is 0 Å². The van der Waals surface area contributed by atoms with Gasteiger partial charge in [-0.15, -0.1) is 0 Å². The fraction of sp³-hybridized carbons (Fsp3) is 0.870. The Morgan fingerprint density at radius 3 is 2.12 bits per heavy atom. The second-order valence-corrected chi connectivity index (χ2v) is 11.1. The molecule has 0 spiro atoms. The van der Waals surface area contributed by atoms with Gasteiger partial charge in [-0.3, -0.25) is 14.4 Å². The van der Waals surface area contributed by atoms with Crippen LogP contribution in [0, 0.1) is 11.3 Å². The summed E-state index contributed by atoms with van der Waals surface area (Å²) in [7, 11) is -1.61. The number of carbonyl (C=O) groups excluding carboxylic acids is 3. The third-order valence-corrected chi connectivity index (χ3v) is 7.61. The minimum atomic E-state index is -1.61. The lowest BCUT2D eigenvalue weighted by atomic mass is 9.77. The topological polar surface area (TPSA) is 136 Å². The van der Waals surface area contributed by atoms with Crippen molar-refractivity contribution in [2.24, 2.45) is 17.1 Å². The Morgan fingerprint density at radius 1 is 0.909 bits per heavy atom. The summed E-state index contributed by atoms with van der Waals surface area (Å²) in [5, 5.41) is 22.3. The number of nitrogens with zero attached hydrogens (tertiary/aromatic N) is 2. The van der Waals surface area contributed by atoms with E-state index in [9.17, 15) is 24.4 Å². The molecule has 2 heterocycles. The quantitative estimate of drug-likeness (QED) is 0.421. The highest BCUT2D eigenvalue weighted by molar-refractivity contribution is 6.43. The molecular weight excluding hydrogens is 423 g/mol. The molecule has 5 N–H and O–H groups in total. The van der Waals surface area contributed by atoms with Crippen molar-refractivity contribution in [2.45, 2.75) is 103 Å². The van der Waals surface area contributed by atoms with Gasteiger partial charge in [0.05, 0.1) is 12.0 Å². The molecule has 3 rings (SSSR count). The highest BCUT2D eigenvalue weighted by Crippen LogP contribution is 2.29. The van der Waals surface area contributed by atoms with Gasteiger partial charge in [0, 0.05) is 13.1 Å². The smallest absolute Gasteiger partial charge is 0.426 e. The van der Waals surface area contributed by atoms with Crippen molar-refractivity contribution in [3.05, 3.63) is 0 Å². The number of hydrogen-bond acceptors (Lipinski definition) is 6. The number of likely N-dealkylation sites (tertiary alicyclic amines) is 2. The lowest BCUT2D eigenvalue weighted by molar-refractivity contribution is -0.143. The summed E-state index contributed by atoms with van der Waals surface area (Å²) in [5.41, 5.74) is 5.76. The molecular formula is C23H41BN4O5. The largest absolute Gasteiger partial charge is 0.475 e. The zero-order valence-corrected chi connectivity index (χ0v) is 20.3. The van der Waals surface area contributed by atoms with Crippen LogP contribution in [-0.4, -0.2) is 81.8 Å². The van der Waals surface area contributed by atoms with E-state index < -0.39 is 36.6 Å². The fourth-order valence-corrected chi connectivity index (χ4v) is 5.62. The van der Waals surface area contributed by atoms with E-state index in [1.807, 2.05) is 20.8 Å². The van der Waals surface area contributed by atoms with Gasteiger partial charge in [0.2, 0.25) is 17.7 Å². The molecule has 0 aromatic carbocycles. The first-order chi connectivity index (χ1) is 15.5. The average Bonchev–Trinajstić information content (AvgIpc) is 3.45. The number of nitrogens with one attached hydrogen (secondary N) is 1. The van der Waals surface area contributed by atoms with Gasteiger partial charge in [0.25, 0.3) is 0 Å². The maximum absolute atomic E-state index is 13.4. The van der Waals surface area contributed by atoms with Crippen LogP contribution in [0.3, 0.4) is 0 Å². The molecule has 2 aliphatic heterocycles. The van der Waals surface area contributed by atoms with E-state index in [4.69, 9.17) is 5.73 Å². The zero-order chi connectivity index (χ0) is 24.3. The zero-order valence-electron chi connectivity index (χ0n) is 20.3. The van der Waals surface area contributed by atoms with E-state index >= 15 is 0 Å². The molecule has 0 bridgehead atoms. The average molecular weight is 464 g/mol. The summed E-state index contributed by atoms with van der Waals surface area (Å²) in [6.45, 7) is 6.52. The van der Waals surface area contributed by atoms with Crippen molar-refractivity contribution in [1.82, 2.24) is 15.1 Å². The van der Waals surface area contributed by atoms with E-state index in [-0.39, 0.29) is 23.6 Å². The Kier molecular flexibility index (Phi) is 8.45. The van der Waals surface area contributed by atoms with Gasteiger partial charge in [-0.2, -0.15) is 0 Å². The second-order valence-electron chi connectivity index (χ2n) is 11.1. The molecule has 9 nitrogen and oxygen atoms in total. The number of nitrogens with two attached hydrogens (primary N) is 1. The summed E-state index contributed by atoms with van der Waals surface area (Å²) in [4.78, 5) is 43.0. The van der Waals surface area contributed by atoms with Crippen LogP contribution < -0.4 is 11.1 Å². The molecule has 3 aliphatic rings. The molecule has 0 aromatic heterocycles. The highest BCUT2D eigenvalue weighted by Gasteiger charge is 2.45. The van der Waals surface area contributed by atoms with E-state index in [1.165, 1.54) is 11.3 Å². The molecule has 1 aliphatic carbocycles. The molecule has 3 amide bonds. The predicted octanol–water partition coefficient (Wildman–Crippen LogP) is 0.419. The molecule has 186 valence electrons. The van der Waals surface area contributed by atoms with Crippen LogP contribution in [-0.2, 0) is 14.4 Å². The standard InChI is InChI=1S/C23H41BN4O5/c1-23(2,3)19(22(31)28-14-8-12-17(28)24(32)33)26-20(29)16-11-7-13-27(16)21(30)18(25)15-9-5-4-6-10-15/h15-19,32-33H,4-14,25H2,1-3H3,(H,26,29)/t16-,17-,18?,19?/m0/s1. The van der Waals surface area contributed by atoms with Crippen molar-refractivity contribution < 1.29 is 24.4 Å². The van der Waals surface area contributed by atoms with E-state index in [0.717, 1.165) is 32.1 Å². The lowest BCUT2D eigenvalue weighted by Gasteiger charge is -2.37. The van der Waals surface area contributed by atoms with Gasteiger partial charge < -0.3 is 30.9 Å². The maximum Gasteiger partial charge on any atom is 0.475 e. The molecule has 0 radical (unpaired) electrons. The van der Waals surface area contributed by atoms with Gasteiger partial charge in [-0.25, -0.2) is 0 Å². The highest BCUT2D eigenvalue weighted by atomic mass is 16.4. The monoisotopic (exact) mass is 464 g/mol. The molecule has 0 aromatic rings. The van der Waals surface area contributed by atoms with Crippen LogP contribution in [0.25, 0.3) is 0 Å². The van der Waals surface area contributed by atoms with Crippen LogP contribution >= 0.6 is 0 Å². The lowest BCUT2D eigenvalue weighted by Crippen LogP contribution is -2.61. The number of carbonyl (C=O) groups is 3. The molecule has 3 fully saturated rings. The number of rotatable bonds is 6. The first-order valence-corrected chi connectivity index (χ1v) is 12.6. The third-order valence-electron chi connectivity index (χ3n) is 7.61. The Balaban J connectivity index is 1.70. The summed E-state index contributed by atoms with van der Waals surface area (Å²) >= 11 is 0. The Bertz CT molecular complexity index is 722. The van der Waals surface area contributed by atoms with E-state index in [2.05, 4.69) is 5.32 Å². The third kappa shape index (κ3) is 5.89. The van der Waals surface area contributed by atoms with Crippen molar-refractivity contribution in [2.75, 3.05) is 13.1 Å². The summed E-state index contributed by atoms with van der Waals surface area (Å²) in [6, 6.07) is -2.06. The van der Waals surface area contributed by atoms with Crippen molar-refractivity contribution in [3.8, 4) is 0 Å². The van der Waals surface area contributed by atoms with Gasteiger partial charge in [-0.1, -0.05) is 40.0 Å². The molecule has 4 atom stereocenters. The maximum atomic E-state index is 13.4. The van der Waals surface area contributed by atoms with Crippen LogP contribution in [0.1, 0.15) is 78.6 Å². The van der Waals surface area contributed by atoms with Crippen LogP contribution in [0.15, 0.2) is 0 Å². The summed E-state index contributed by atoms with van der Waals surface area (Å²) < 4.78 is 0.